The van der Waals surface area contributed by atoms with Gasteiger partial charge in [-0.2, -0.15) is 0 Å². The number of esters is 1. The molecular weight excluding hydrogens is 246 g/mol. The predicted octanol–water partition coefficient (Wildman–Crippen LogP) is 2.55. The zero-order valence-electron chi connectivity index (χ0n) is 10.3. The third kappa shape index (κ3) is 2.95. The fourth-order valence-electron chi connectivity index (χ4n) is 1.58. The molecule has 0 radical (unpaired) electrons. The van der Waals surface area contributed by atoms with Gasteiger partial charge in [-0.25, -0.2) is 4.79 Å². The third-order valence-electron chi connectivity index (χ3n) is 2.45. The highest BCUT2D eigenvalue weighted by atomic mass is 16.5. The van der Waals surface area contributed by atoms with Gasteiger partial charge in [-0.15, -0.1) is 0 Å². The molecule has 0 aliphatic heterocycles. The topological polar surface area (TPSA) is 81.8 Å². The molecule has 2 aromatic rings. The Balaban J connectivity index is 2.37. The van der Waals surface area contributed by atoms with Crippen molar-refractivity contribution in [1.29, 1.82) is 0 Å². The zero-order chi connectivity index (χ0) is 13.8. The lowest BCUT2D eigenvalue weighted by Gasteiger charge is -2.10. The number of hydrogen-bond acceptors (Lipinski definition) is 5. The minimum Gasteiger partial charge on any atom is -0.508 e. The Hall–Kier alpha value is -2.69. The van der Waals surface area contributed by atoms with Crippen LogP contribution in [0.4, 0.5) is 5.69 Å². The maximum atomic E-state index is 11.6. The molecule has 98 valence electrons. The molecule has 0 aliphatic carbocycles. The SMILES string of the molecule is COC(=O)c1cc(N)ccc1Oc1cccc(O)c1. The minimum absolute atomic E-state index is 0.0764. The quantitative estimate of drug-likeness (QED) is 0.654. The Morgan fingerprint density at radius 3 is 2.68 bits per heavy atom. The molecule has 3 N–H and O–H groups in total. The first-order chi connectivity index (χ1) is 9.10. The minimum atomic E-state index is -0.539. The summed E-state index contributed by atoms with van der Waals surface area (Å²) >= 11 is 0. The van der Waals surface area contributed by atoms with Gasteiger partial charge >= 0.3 is 5.97 Å². The second-order valence-corrected chi connectivity index (χ2v) is 3.85. The summed E-state index contributed by atoms with van der Waals surface area (Å²) in [5.74, 6) is 0.261. The van der Waals surface area contributed by atoms with Crippen LogP contribution < -0.4 is 10.5 Å². The molecule has 5 nitrogen and oxygen atoms in total. The van der Waals surface area contributed by atoms with E-state index in [-0.39, 0.29) is 11.3 Å². The summed E-state index contributed by atoms with van der Waals surface area (Å²) in [6, 6.07) is 10.9. The third-order valence-corrected chi connectivity index (χ3v) is 2.45. The van der Waals surface area contributed by atoms with Gasteiger partial charge in [-0.3, -0.25) is 0 Å². The number of phenols is 1. The smallest absolute Gasteiger partial charge is 0.341 e. The highest BCUT2D eigenvalue weighted by molar-refractivity contribution is 5.93. The normalized spacial score (nSPS) is 9.95. The molecule has 0 spiro atoms. The number of hydrogen-bond donors (Lipinski definition) is 2. The van der Waals surface area contributed by atoms with Crippen LogP contribution in [0.3, 0.4) is 0 Å². The summed E-state index contributed by atoms with van der Waals surface area (Å²) in [5, 5.41) is 9.37. The van der Waals surface area contributed by atoms with Crippen molar-refractivity contribution in [2.45, 2.75) is 0 Å². The van der Waals surface area contributed by atoms with Crippen LogP contribution in [0.25, 0.3) is 0 Å². The molecule has 0 saturated carbocycles. The van der Waals surface area contributed by atoms with E-state index < -0.39 is 5.97 Å². The first-order valence-corrected chi connectivity index (χ1v) is 5.55. The summed E-state index contributed by atoms with van der Waals surface area (Å²) in [5.41, 5.74) is 6.30. The van der Waals surface area contributed by atoms with Crippen LogP contribution in [0.5, 0.6) is 17.2 Å². The van der Waals surface area contributed by atoms with Crippen molar-refractivity contribution in [1.82, 2.24) is 0 Å². The van der Waals surface area contributed by atoms with Gasteiger partial charge in [0.2, 0.25) is 0 Å². The van der Waals surface area contributed by atoms with Crippen LogP contribution >= 0.6 is 0 Å². The predicted molar refractivity (Wildman–Crippen MR) is 70.4 cm³/mol. The number of aromatic hydroxyl groups is 1. The molecule has 2 aromatic carbocycles. The van der Waals surface area contributed by atoms with E-state index in [4.69, 9.17) is 10.5 Å². The maximum Gasteiger partial charge on any atom is 0.341 e. The van der Waals surface area contributed by atoms with Crippen LogP contribution in [-0.4, -0.2) is 18.2 Å². The number of nitrogens with two attached hydrogens (primary N) is 1. The number of benzene rings is 2. The molecule has 0 aliphatic rings. The summed E-state index contributed by atoms with van der Waals surface area (Å²) in [6.07, 6.45) is 0. The zero-order valence-corrected chi connectivity index (χ0v) is 10.3. The molecule has 19 heavy (non-hydrogen) atoms. The first kappa shape index (κ1) is 12.8. The molecule has 0 unspecified atom stereocenters. The van der Waals surface area contributed by atoms with Gasteiger partial charge in [-0.1, -0.05) is 6.07 Å². The average Bonchev–Trinajstić information content (AvgIpc) is 2.40. The van der Waals surface area contributed by atoms with Gasteiger partial charge in [0.15, 0.2) is 0 Å². The highest BCUT2D eigenvalue weighted by Crippen LogP contribution is 2.29. The summed E-state index contributed by atoms with van der Waals surface area (Å²) < 4.78 is 10.2. The number of carbonyl (C=O) groups is 1. The van der Waals surface area contributed by atoms with Crippen LogP contribution in [-0.2, 0) is 4.74 Å². The molecule has 0 atom stereocenters. The van der Waals surface area contributed by atoms with Crippen LogP contribution in [0.2, 0.25) is 0 Å². The lowest BCUT2D eigenvalue weighted by atomic mass is 10.2. The first-order valence-electron chi connectivity index (χ1n) is 5.55. The monoisotopic (exact) mass is 259 g/mol. The standard InChI is InChI=1S/C14H13NO4/c1-18-14(17)12-7-9(15)5-6-13(12)19-11-4-2-3-10(16)8-11/h2-8,16H,15H2,1H3. The van der Waals surface area contributed by atoms with Crippen LogP contribution in [0.15, 0.2) is 42.5 Å². The average molecular weight is 259 g/mol. The van der Waals surface area contributed by atoms with Crippen molar-refractivity contribution < 1.29 is 19.4 Å². The summed E-state index contributed by atoms with van der Waals surface area (Å²) in [7, 11) is 1.28. The molecule has 0 saturated heterocycles. The van der Waals surface area contributed by atoms with Crippen molar-refractivity contribution in [2.24, 2.45) is 0 Å². The number of ether oxygens (including phenoxy) is 2. The Bertz CT molecular complexity index is 610. The van der Waals surface area contributed by atoms with E-state index in [1.165, 1.54) is 25.3 Å². The van der Waals surface area contributed by atoms with Gasteiger partial charge in [0, 0.05) is 11.8 Å². The Kier molecular flexibility index (Phi) is 3.56. The molecule has 0 fully saturated rings. The van der Waals surface area contributed by atoms with Crippen LogP contribution in [0.1, 0.15) is 10.4 Å². The van der Waals surface area contributed by atoms with E-state index in [0.717, 1.165) is 0 Å². The van der Waals surface area contributed by atoms with Gasteiger partial charge in [0.25, 0.3) is 0 Å². The Morgan fingerprint density at radius 1 is 1.21 bits per heavy atom. The van der Waals surface area contributed by atoms with Crippen molar-refractivity contribution in [3.05, 3.63) is 48.0 Å². The van der Waals surface area contributed by atoms with E-state index in [9.17, 15) is 9.90 Å². The number of nitrogen functional groups attached to an aromatic ring is 1. The van der Waals surface area contributed by atoms with E-state index in [1.54, 1.807) is 24.3 Å². The molecule has 2 rings (SSSR count). The fourth-order valence-corrected chi connectivity index (χ4v) is 1.58. The van der Waals surface area contributed by atoms with Crippen molar-refractivity contribution in [2.75, 3.05) is 12.8 Å². The molecule has 0 amide bonds. The van der Waals surface area contributed by atoms with Gasteiger partial charge in [0.05, 0.1) is 7.11 Å². The van der Waals surface area contributed by atoms with E-state index in [2.05, 4.69) is 4.74 Å². The molecule has 0 bridgehead atoms. The van der Waals surface area contributed by atoms with Gasteiger partial charge < -0.3 is 20.3 Å². The van der Waals surface area contributed by atoms with Crippen molar-refractivity contribution in [3.63, 3.8) is 0 Å². The molecule has 5 heteroatoms. The van der Waals surface area contributed by atoms with Gasteiger partial charge in [-0.05, 0) is 30.3 Å². The number of rotatable bonds is 3. The largest absolute Gasteiger partial charge is 0.508 e. The number of phenolic OH excluding ortho intramolecular Hbond substituents is 1. The van der Waals surface area contributed by atoms with Gasteiger partial charge in [0.1, 0.15) is 22.8 Å². The summed E-state index contributed by atoms with van der Waals surface area (Å²) in [4.78, 5) is 11.6. The van der Waals surface area contributed by atoms with Crippen molar-refractivity contribution in [3.8, 4) is 17.2 Å². The Labute approximate surface area is 110 Å². The summed E-state index contributed by atoms with van der Waals surface area (Å²) in [6.45, 7) is 0. The lowest BCUT2D eigenvalue weighted by Crippen LogP contribution is -2.04. The lowest BCUT2D eigenvalue weighted by molar-refractivity contribution is 0.0598. The second kappa shape index (κ2) is 5.30. The molecule has 0 heterocycles. The molecule has 0 aromatic heterocycles. The number of carbonyl (C=O) groups excluding carboxylic acids is 1. The van der Waals surface area contributed by atoms with E-state index >= 15 is 0 Å². The number of methoxy groups -OCH3 is 1. The number of anilines is 1. The van der Waals surface area contributed by atoms with E-state index in [1.807, 2.05) is 0 Å². The Morgan fingerprint density at radius 2 is 2.00 bits per heavy atom. The maximum absolute atomic E-state index is 11.6. The fraction of sp³-hybridized carbons (Fsp3) is 0.0714. The second-order valence-electron chi connectivity index (χ2n) is 3.85. The molecular formula is C14H13NO4. The van der Waals surface area contributed by atoms with Crippen molar-refractivity contribution >= 4 is 11.7 Å². The van der Waals surface area contributed by atoms with Crippen LogP contribution in [0, 0.1) is 0 Å². The highest BCUT2D eigenvalue weighted by Gasteiger charge is 2.14. The van der Waals surface area contributed by atoms with E-state index in [0.29, 0.717) is 17.2 Å².